The Morgan fingerprint density at radius 3 is 2.76 bits per heavy atom. The summed E-state index contributed by atoms with van der Waals surface area (Å²) < 4.78 is 17.1. The molecular weight excluding hydrogens is 266 g/mol. The lowest BCUT2D eigenvalue weighted by atomic mass is 9.95. The largest absolute Gasteiger partial charge is 0.468 e. The second kappa shape index (κ2) is 7.43. The van der Waals surface area contributed by atoms with Crippen molar-refractivity contribution in [3.05, 3.63) is 23.7 Å². The van der Waals surface area contributed by atoms with Crippen molar-refractivity contribution in [3.63, 3.8) is 0 Å². The summed E-state index contributed by atoms with van der Waals surface area (Å²) in [5.41, 5.74) is 1.23. The number of hydrogen-bond donors (Lipinski definition) is 1. The maximum Gasteiger partial charge on any atom is 0.123 e. The lowest BCUT2D eigenvalue weighted by Gasteiger charge is -2.28. The molecule has 1 heterocycles. The van der Waals surface area contributed by atoms with E-state index in [2.05, 4.69) is 26.1 Å². The Balaban J connectivity index is 1.82. The fourth-order valence-electron chi connectivity index (χ4n) is 2.67. The van der Waals surface area contributed by atoms with Crippen molar-refractivity contribution in [3.8, 4) is 0 Å². The molecule has 0 saturated heterocycles. The molecular formula is C17H29NO3. The lowest BCUT2D eigenvalue weighted by molar-refractivity contribution is -0.0366. The van der Waals surface area contributed by atoms with Gasteiger partial charge in [0.15, 0.2) is 0 Å². The van der Waals surface area contributed by atoms with Crippen molar-refractivity contribution in [2.75, 3.05) is 7.11 Å². The van der Waals surface area contributed by atoms with Crippen LogP contribution in [0.5, 0.6) is 0 Å². The van der Waals surface area contributed by atoms with E-state index in [4.69, 9.17) is 13.9 Å². The first-order chi connectivity index (χ1) is 9.98. The minimum Gasteiger partial charge on any atom is -0.468 e. The summed E-state index contributed by atoms with van der Waals surface area (Å²) in [5.74, 6) is 0.976. The number of hydrogen-bond acceptors (Lipinski definition) is 4. The van der Waals surface area contributed by atoms with Crippen LogP contribution >= 0.6 is 0 Å². The minimum absolute atomic E-state index is 0.0833. The van der Waals surface area contributed by atoms with Gasteiger partial charge in [0.2, 0.25) is 0 Å². The predicted octanol–water partition coefficient (Wildman–Crippen LogP) is 3.64. The SMILES string of the molecule is COC1CCCC(OCc2ccoc2CNC(C)(C)C)C1. The number of ether oxygens (including phenoxy) is 2. The van der Waals surface area contributed by atoms with E-state index in [1.54, 1.807) is 13.4 Å². The van der Waals surface area contributed by atoms with E-state index in [1.807, 2.05) is 6.07 Å². The fraction of sp³-hybridized carbons (Fsp3) is 0.765. The Morgan fingerprint density at radius 1 is 1.29 bits per heavy atom. The average Bonchev–Trinajstić information content (AvgIpc) is 2.90. The van der Waals surface area contributed by atoms with Gasteiger partial charge in [-0.15, -0.1) is 0 Å². The van der Waals surface area contributed by atoms with Gasteiger partial charge in [-0.2, -0.15) is 0 Å². The van der Waals surface area contributed by atoms with Crippen molar-refractivity contribution < 1.29 is 13.9 Å². The molecule has 4 nitrogen and oxygen atoms in total. The molecule has 0 radical (unpaired) electrons. The average molecular weight is 295 g/mol. The fourth-order valence-corrected chi connectivity index (χ4v) is 2.67. The topological polar surface area (TPSA) is 43.6 Å². The van der Waals surface area contributed by atoms with E-state index in [9.17, 15) is 0 Å². The molecule has 0 aliphatic heterocycles. The van der Waals surface area contributed by atoms with Crippen LogP contribution in [0.1, 0.15) is 57.8 Å². The number of methoxy groups -OCH3 is 1. The van der Waals surface area contributed by atoms with Gasteiger partial charge in [-0.3, -0.25) is 0 Å². The van der Waals surface area contributed by atoms with Crippen LogP contribution in [0.2, 0.25) is 0 Å². The van der Waals surface area contributed by atoms with Gasteiger partial charge < -0.3 is 19.2 Å². The van der Waals surface area contributed by atoms with Gasteiger partial charge in [0, 0.05) is 18.2 Å². The van der Waals surface area contributed by atoms with E-state index in [-0.39, 0.29) is 5.54 Å². The molecule has 0 amide bonds. The highest BCUT2D eigenvalue weighted by molar-refractivity contribution is 5.16. The molecule has 2 unspecified atom stereocenters. The highest BCUT2D eigenvalue weighted by Crippen LogP contribution is 2.24. The molecule has 0 aromatic carbocycles. The van der Waals surface area contributed by atoms with Gasteiger partial charge in [-0.05, 0) is 52.5 Å². The van der Waals surface area contributed by atoms with Gasteiger partial charge in [-0.1, -0.05) is 0 Å². The predicted molar refractivity (Wildman–Crippen MR) is 83.1 cm³/mol. The maximum atomic E-state index is 6.06. The molecule has 0 spiro atoms. The van der Waals surface area contributed by atoms with Crippen LogP contribution in [0.15, 0.2) is 16.7 Å². The van der Waals surface area contributed by atoms with E-state index in [1.165, 1.54) is 6.42 Å². The lowest BCUT2D eigenvalue weighted by Crippen LogP contribution is -2.35. The Morgan fingerprint density at radius 2 is 2.05 bits per heavy atom. The normalized spacial score (nSPS) is 23.4. The molecule has 0 bridgehead atoms. The van der Waals surface area contributed by atoms with Gasteiger partial charge in [0.1, 0.15) is 5.76 Å². The second-order valence-electron chi connectivity index (χ2n) is 6.93. The molecule has 1 aliphatic carbocycles. The first-order valence-electron chi connectivity index (χ1n) is 7.92. The van der Waals surface area contributed by atoms with Crippen molar-refractivity contribution in [2.24, 2.45) is 0 Å². The minimum atomic E-state index is 0.0833. The zero-order valence-electron chi connectivity index (χ0n) is 13.8. The van der Waals surface area contributed by atoms with Gasteiger partial charge in [0.25, 0.3) is 0 Å². The Bertz CT molecular complexity index is 422. The third-order valence-electron chi connectivity index (χ3n) is 4.00. The van der Waals surface area contributed by atoms with Crippen LogP contribution in [-0.2, 0) is 22.6 Å². The second-order valence-corrected chi connectivity index (χ2v) is 6.93. The smallest absolute Gasteiger partial charge is 0.123 e. The highest BCUT2D eigenvalue weighted by atomic mass is 16.5. The van der Waals surface area contributed by atoms with Crippen molar-refractivity contribution in [1.29, 1.82) is 0 Å². The van der Waals surface area contributed by atoms with Crippen LogP contribution in [0.3, 0.4) is 0 Å². The molecule has 2 rings (SSSR count). The molecule has 21 heavy (non-hydrogen) atoms. The molecule has 2 atom stereocenters. The zero-order chi connectivity index (χ0) is 15.3. The summed E-state index contributed by atoms with van der Waals surface area (Å²) in [6.07, 6.45) is 6.89. The summed E-state index contributed by atoms with van der Waals surface area (Å²) >= 11 is 0. The Kier molecular flexibility index (Phi) is 5.85. The standard InChI is InChI=1S/C17H29NO3/c1-17(2,3)18-11-16-13(8-9-20-16)12-21-15-7-5-6-14(10-15)19-4/h8-9,14-15,18H,5-7,10-12H2,1-4H3. The number of furan rings is 1. The van der Waals surface area contributed by atoms with Crippen LogP contribution in [-0.4, -0.2) is 24.9 Å². The third kappa shape index (κ3) is 5.46. The highest BCUT2D eigenvalue weighted by Gasteiger charge is 2.22. The van der Waals surface area contributed by atoms with E-state index >= 15 is 0 Å². The zero-order valence-corrected chi connectivity index (χ0v) is 13.8. The molecule has 1 saturated carbocycles. The van der Waals surface area contributed by atoms with E-state index in [0.717, 1.165) is 37.1 Å². The van der Waals surface area contributed by atoms with E-state index < -0.39 is 0 Å². The summed E-state index contributed by atoms with van der Waals surface area (Å²) in [7, 11) is 1.79. The van der Waals surface area contributed by atoms with Crippen LogP contribution in [0.4, 0.5) is 0 Å². The summed E-state index contributed by atoms with van der Waals surface area (Å²) in [6.45, 7) is 7.82. The van der Waals surface area contributed by atoms with Gasteiger partial charge >= 0.3 is 0 Å². The number of nitrogens with one attached hydrogen (secondary N) is 1. The van der Waals surface area contributed by atoms with Crippen LogP contribution in [0, 0.1) is 0 Å². The van der Waals surface area contributed by atoms with Crippen molar-refractivity contribution in [1.82, 2.24) is 5.32 Å². The molecule has 1 aliphatic rings. The van der Waals surface area contributed by atoms with Crippen molar-refractivity contribution >= 4 is 0 Å². The number of rotatable bonds is 6. The van der Waals surface area contributed by atoms with Crippen molar-refractivity contribution in [2.45, 2.75) is 77.4 Å². The van der Waals surface area contributed by atoms with Gasteiger partial charge in [0.05, 0.1) is 31.6 Å². The molecule has 4 heteroatoms. The summed E-state index contributed by atoms with van der Waals surface area (Å²) in [5, 5.41) is 3.45. The maximum absolute atomic E-state index is 6.06. The monoisotopic (exact) mass is 295 g/mol. The third-order valence-corrected chi connectivity index (χ3v) is 4.00. The molecule has 1 N–H and O–H groups in total. The van der Waals surface area contributed by atoms with Gasteiger partial charge in [-0.25, -0.2) is 0 Å². The molecule has 120 valence electrons. The van der Waals surface area contributed by atoms with Crippen LogP contribution in [0.25, 0.3) is 0 Å². The van der Waals surface area contributed by atoms with E-state index in [0.29, 0.717) is 18.8 Å². The first kappa shape index (κ1) is 16.5. The Labute approximate surface area is 128 Å². The summed E-state index contributed by atoms with van der Waals surface area (Å²) in [6, 6.07) is 2.01. The molecule has 1 aromatic rings. The summed E-state index contributed by atoms with van der Waals surface area (Å²) in [4.78, 5) is 0. The first-order valence-corrected chi connectivity index (χ1v) is 7.92. The quantitative estimate of drug-likeness (QED) is 0.870. The molecule has 1 aromatic heterocycles. The Hall–Kier alpha value is -0.840. The molecule has 1 fully saturated rings. The van der Waals surface area contributed by atoms with Crippen LogP contribution < -0.4 is 5.32 Å².